The lowest BCUT2D eigenvalue weighted by Gasteiger charge is -2.16. The lowest BCUT2D eigenvalue weighted by molar-refractivity contribution is 0.0150. The van der Waals surface area contributed by atoms with E-state index in [1.165, 1.54) is 6.33 Å². The Balaban J connectivity index is 1.67. The molecule has 0 aliphatic rings. The number of aryl methyl sites for hydroxylation is 1. The van der Waals surface area contributed by atoms with Gasteiger partial charge in [-0.1, -0.05) is 0 Å². The van der Waals surface area contributed by atoms with Crippen LogP contribution in [0, 0.1) is 11.6 Å². The fourth-order valence-corrected chi connectivity index (χ4v) is 2.22. The van der Waals surface area contributed by atoms with Gasteiger partial charge in [-0.15, -0.1) is 0 Å². The van der Waals surface area contributed by atoms with Gasteiger partial charge < -0.3 is 9.15 Å². The highest BCUT2D eigenvalue weighted by Crippen LogP contribution is 2.24. The number of hydrogen-bond donors (Lipinski definition) is 0. The van der Waals surface area contributed by atoms with Crippen molar-refractivity contribution < 1.29 is 17.9 Å². The van der Waals surface area contributed by atoms with Crippen LogP contribution in [-0.2, 0) is 17.9 Å². The second kappa shape index (κ2) is 7.15. The summed E-state index contributed by atoms with van der Waals surface area (Å²) >= 11 is 0. The molecule has 3 aromatic rings. The molecule has 5 nitrogen and oxygen atoms in total. The van der Waals surface area contributed by atoms with Gasteiger partial charge in [-0.2, -0.15) is 5.10 Å². The molecular weight excluding hydrogens is 304 g/mol. The maximum atomic E-state index is 13.7. The van der Waals surface area contributed by atoms with Crippen LogP contribution >= 0.6 is 0 Å². The second-order valence-corrected chi connectivity index (χ2v) is 5.00. The zero-order chi connectivity index (χ0) is 16.1. The normalized spacial score (nSPS) is 12.4. The Labute approximate surface area is 131 Å². The van der Waals surface area contributed by atoms with Gasteiger partial charge in [0.25, 0.3) is 0 Å². The smallest absolute Gasteiger partial charge is 0.137 e. The van der Waals surface area contributed by atoms with Crippen LogP contribution in [0.15, 0.2) is 53.7 Å². The third kappa shape index (κ3) is 4.01. The molecule has 0 N–H and O–H groups in total. The van der Waals surface area contributed by atoms with Crippen LogP contribution in [0.2, 0.25) is 0 Å². The predicted octanol–water partition coefficient (Wildman–Crippen LogP) is 3.50. The molecule has 120 valence electrons. The Kier molecular flexibility index (Phi) is 4.77. The molecule has 0 saturated heterocycles. The summed E-state index contributed by atoms with van der Waals surface area (Å²) in [6.45, 7) is 0.517. The molecule has 2 heterocycles. The van der Waals surface area contributed by atoms with Crippen LogP contribution in [0.5, 0.6) is 0 Å². The summed E-state index contributed by atoms with van der Waals surface area (Å²) in [5, 5.41) is 4.02. The summed E-state index contributed by atoms with van der Waals surface area (Å²) in [4.78, 5) is 3.87. The number of hydrogen-bond acceptors (Lipinski definition) is 4. The molecule has 7 heteroatoms. The Morgan fingerprint density at radius 3 is 2.91 bits per heavy atom. The first kappa shape index (κ1) is 15.4. The van der Waals surface area contributed by atoms with E-state index in [4.69, 9.17) is 9.15 Å². The van der Waals surface area contributed by atoms with Gasteiger partial charge in [-0.25, -0.2) is 13.8 Å². The number of nitrogens with zero attached hydrogens (tertiary/aromatic N) is 3. The van der Waals surface area contributed by atoms with Crippen molar-refractivity contribution >= 4 is 0 Å². The molecule has 0 aliphatic heterocycles. The lowest BCUT2D eigenvalue weighted by Crippen LogP contribution is -2.09. The molecule has 0 saturated carbocycles. The Morgan fingerprint density at radius 1 is 1.26 bits per heavy atom. The summed E-state index contributed by atoms with van der Waals surface area (Å²) in [6.07, 6.45) is 4.77. The van der Waals surface area contributed by atoms with Gasteiger partial charge in [0, 0.05) is 18.5 Å². The van der Waals surface area contributed by atoms with Crippen molar-refractivity contribution in [2.75, 3.05) is 0 Å². The maximum absolute atomic E-state index is 13.7. The third-order valence-corrected chi connectivity index (χ3v) is 3.40. The molecule has 0 amide bonds. The van der Waals surface area contributed by atoms with E-state index in [0.717, 1.165) is 18.2 Å². The SMILES string of the molecule is Fc1ccc(F)c(COC(CCn2cncn2)c2ccco2)c1. The van der Waals surface area contributed by atoms with Crippen molar-refractivity contribution in [3.05, 3.63) is 72.2 Å². The van der Waals surface area contributed by atoms with Gasteiger partial charge >= 0.3 is 0 Å². The molecule has 23 heavy (non-hydrogen) atoms. The van der Waals surface area contributed by atoms with Gasteiger partial charge in [0.2, 0.25) is 0 Å². The van der Waals surface area contributed by atoms with Crippen molar-refractivity contribution in [1.29, 1.82) is 0 Å². The molecule has 1 aromatic carbocycles. The van der Waals surface area contributed by atoms with Crippen molar-refractivity contribution in [2.24, 2.45) is 0 Å². The van der Waals surface area contributed by atoms with Crippen molar-refractivity contribution in [3.63, 3.8) is 0 Å². The minimum Gasteiger partial charge on any atom is -0.467 e. The Hall–Kier alpha value is -2.54. The summed E-state index contributed by atoms with van der Waals surface area (Å²) < 4.78 is 39.7. The number of ether oxygens (including phenoxy) is 1. The highest BCUT2D eigenvalue weighted by Gasteiger charge is 2.17. The van der Waals surface area contributed by atoms with Crippen LogP contribution in [0.1, 0.15) is 23.8 Å². The number of benzene rings is 1. The molecule has 0 aliphatic carbocycles. The molecule has 0 radical (unpaired) electrons. The monoisotopic (exact) mass is 319 g/mol. The first-order chi connectivity index (χ1) is 11.2. The first-order valence-corrected chi connectivity index (χ1v) is 7.14. The minimum atomic E-state index is -0.499. The van der Waals surface area contributed by atoms with Crippen LogP contribution in [0.25, 0.3) is 0 Å². The highest BCUT2D eigenvalue weighted by molar-refractivity contribution is 5.18. The molecule has 0 spiro atoms. The first-order valence-electron chi connectivity index (χ1n) is 7.14. The fraction of sp³-hybridized carbons (Fsp3) is 0.250. The van der Waals surface area contributed by atoms with Crippen LogP contribution in [0.3, 0.4) is 0 Å². The predicted molar refractivity (Wildman–Crippen MR) is 77.2 cm³/mol. The number of halogens is 2. The Bertz CT molecular complexity index is 730. The van der Waals surface area contributed by atoms with Crippen LogP contribution in [-0.4, -0.2) is 14.8 Å². The number of aromatic nitrogens is 3. The van der Waals surface area contributed by atoms with Crippen molar-refractivity contribution in [3.8, 4) is 0 Å². The van der Waals surface area contributed by atoms with E-state index in [0.29, 0.717) is 18.7 Å². The molecule has 1 unspecified atom stereocenters. The van der Waals surface area contributed by atoms with E-state index < -0.39 is 17.7 Å². The standard InChI is InChI=1S/C16H15F2N3O2/c17-13-3-4-14(18)12(8-13)9-23-16(15-2-1-7-22-15)5-6-21-11-19-10-20-21/h1-4,7-8,10-11,16H,5-6,9H2. The zero-order valence-corrected chi connectivity index (χ0v) is 12.2. The third-order valence-electron chi connectivity index (χ3n) is 3.40. The van der Waals surface area contributed by atoms with Gasteiger partial charge in [0.1, 0.15) is 36.2 Å². The van der Waals surface area contributed by atoms with Crippen LogP contribution in [0.4, 0.5) is 8.78 Å². The van der Waals surface area contributed by atoms with Crippen LogP contribution < -0.4 is 0 Å². The molecule has 1 atom stereocenters. The summed E-state index contributed by atoms with van der Waals surface area (Å²) in [7, 11) is 0. The minimum absolute atomic E-state index is 0.0493. The van der Waals surface area contributed by atoms with E-state index in [1.54, 1.807) is 29.4 Å². The quantitative estimate of drug-likeness (QED) is 0.669. The maximum Gasteiger partial charge on any atom is 0.137 e. The van der Waals surface area contributed by atoms with Gasteiger partial charge in [-0.05, 0) is 30.3 Å². The average Bonchev–Trinajstić information content (AvgIpc) is 3.24. The molecule has 3 rings (SSSR count). The number of furan rings is 1. The molecular formula is C16H15F2N3O2. The summed E-state index contributed by atoms with van der Waals surface area (Å²) in [6, 6.07) is 6.84. The summed E-state index contributed by atoms with van der Waals surface area (Å²) in [5.74, 6) is -0.370. The molecule has 0 bridgehead atoms. The van der Waals surface area contributed by atoms with Crippen molar-refractivity contribution in [2.45, 2.75) is 25.7 Å². The van der Waals surface area contributed by atoms with Gasteiger partial charge in [0.15, 0.2) is 0 Å². The van der Waals surface area contributed by atoms with E-state index >= 15 is 0 Å². The molecule has 0 fully saturated rings. The molecule has 2 aromatic heterocycles. The number of rotatable bonds is 7. The topological polar surface area (TPSA) is 53.1 Å². The van der Waals surface area contributed by atoms with Crippen molar-refractivity contribution in [1.82, 2.24) is 14.8 Å². The average molecular weight is 319 g/mol. The van der Waals surface area contributed by atoms with E-state index in [-0.39, 0.29) is 12.2 Å². The Morgan fingerprint density at radius 2 is 2.17 bits per heavy atom. The van der Waals surface area contributed by atoms with Gasteiger partial charge in [-0.3, -0.25) is 4.68 Å². The largest absolute Gasteiger partial charge is 0.467 e. The fourth-order valence-electron chi connectivity index (χ4n) is 2.22. The highest BCUT2D eigenvalue weighted by atomic mass is 19.1. The van der Waals surface area contributed by atoms with E-state index in [9.17, 15) is 8.78 Å². The summed E-state index contributed by atoms with van der Waals surface area (Å²) in [5.41, 5.74) is 0.169. The zero-order valence-electron chi connectivity index (χ0n) is 12.2. The van der Waals surface area contributed by atoms with E-state index in [1.807, 2.05) is 0 Å². The van der Waals surface area contributed by atoms with Gasteiger partial charge in [0.05, 0.1) is 12.9 Å². The lowest BCUT2D eigenvalue weighted by atomic mass is 10.2. The second-order valence-electron chi connectivity index (χ2n) is 5.00. The van der Waals surface area contributed by atoms with E-state index in [2.05, 4.69) is 10.1 Å².